The molecule has 6 nitrogen and oxygen atoms in total. The maximum absolute atomic E-state index is 13.3. The van der Waals surface area contributed by atoms with Crippen molar-refractivity contribution in [1.29, 1.82) is 0 Å². The first kappa shape index (κ1) is 30.6. The number of hydrogen-bond acceptors (Lipinski definition) is 5. The Kier molecular flexibility index (Phi) is 11.8. The highest BCUT2D eigenvalue weighted by Crippen LogP contribution is 2.26. The molecule has 42 heavy (non-hydrogen) atoms. The van der Waals surface area contributed by atoms with Crippen molar-refractivity contribution in [2.45, 2.75) is 24.3 Å². The maximum atomic E-state index is 13.3. The molecule has 0 heterocycles. The van der Waals surface area contributed by atoms with Crippen LogP contribution in [0.25, 0.3) is 0 Å². The van der Waals surface area contributed by atoms with Crippen LogP contribution in [0.2, 0.25) is 0 Å². The minimum absolute atomic E-state index is 0.138. The van der Waals surface area contributed by atoms with Gasteiger partial charge in [0.2, 0.25) is 11.8 Å². The number of rotatable bonds is 14. The fourth-order valence-electron chi connectivity index (χ4n) is 4.81. The maximum Gasteiger partial charge on any atom is 0.328 e. The predicted octanol–water partition coefficient (Wildman–Crippen LogP) is 5.55. The quantitative estimate of drug-likeness (QED) is 0.191. The number of benzene rings is 4. The van der Waals surface area contributed by atoms with E-state index in [1.807, 2.05) is 128 Å². The van der Waals surface area contributed by atoms with Gasteiger partial charge in [-0.1, -0.05) is 121 Å². The summed E-state index contributed by atoms with van der Waals surface area (Å²) in [6.07, 6.45) is 2.36. The summed E-state index contributed by atoms with van der Waals surface area (Å²) in [5.41, 5.74) is 3.73. The van der Waals surface area contributed by atoms with Crippen molar-refractivity contribution in [3.8, 4) is 0 Å². The Morgan fingerprint density at radius 3 is 1.60 bits per heavy atom. The van der Waals surface area contributed by atoms with Crippen LogP contribution in [0.1, 0.15) is 40.5 Å². The third kappa shape index (κ3) is 8.82. The van der Waals surface area contributed by atoms with E-state index in [2.05, 4.69) is 10.6 Å². The molecule has 0 aromatic heterocycles. The summed E-state index contributed by atoms with van der Waals surface area (Å²) in [5.74, 6) is -1.27. The molecule has 2 N–H and O–H groups in total. The number of carbonyl (C=O) groups is 3. The van der Waals surface area contributed by atoms with Crippen molar-refractivity contribution in [3.05, 3.63) is 144 Å². The second-order valence-corrected chi connectivity index (χ2v) is 10.9. The summed E-state index contributed by atoms with van der Waals surface area (Å²) >= 11 is 1.58. The van der Waals surface area contributed by atoms with Crippen molar-refractivity contribution in [1.82, 2.24) is 10.6 Å². The van der Waals surface area contributed by atoms with Gasteiger partial charge in [-0.15, -0.1) is 0 Å². The lowest BCUT2D eigenvalue weighted by Crippen LogP contribution is -2.47. The number of esters is 1. The first-order valence-corrected chi connectivity index (χ1v) is 15.4. The van der Waals surface area contributed by atoms with Gasteiger partial charge in [0.1, 0.15) is 12.6 Å². The van der Waals surface area contributed by atoms with Crippen LogP contribution in [0.3, 0.4) is 0 Å². The first-order chi connectivity index (χ1) is 20.6. The van der Waals surface area contributed by atoms with Gasteiger partial charge in [0.25, 0.3) is 0 Å². The van der Waals surface area contributed by atoms with E-state index in [1.165, 1.54) is 0 Å². The fourth-order valence-corrected chi connectivity index (χ4v) is 5.28. The monoisotopic (exact) mass is 580 g/mol. The average Bonchev–Trinajstić information content (AvgIpc) is 3.04. The van der Waals surface area contributed by atoms with E-state index in [-0.39, 0.29) is 25.0 Å². The second-order valence-electron chi connectivity index (χ2n) is 9.88. The van der Waals surface area contributed by atoms with Crippen LogP contribution in [0.15, 0.2) is 121 Å². The first-order valence-electron chi connectivity index (χ1n) is 14.0. The zero-order valence-electron chi connectivity index (χ0n) is 23.6. The van der Waals surface area contributed by atoms with Crippen molar-refractivity contribution >= 4 is 29.5 Å². The van der Waals surface area contributed by atoms with Crippen LogP contribution in [-0.2, 0) is 19.1 Å². The summed E-state index contributed by atoms with van der Waals surface area (Å²) in [7, 11) is 0. The average molecular weight is 581 g/mol. The van der Waals surface area contributed by atoms with Crippen LogP contribution in [0, 0.1) is 0 Å². The van der Waals surface area contributed by atoms with Gasteiger partial charge in [0.15, 0.2) is 0 Å². The molecule has 216 valence electrons. The summed E-state index contributed by atoms with van der Waals surface area (Å²) < 4.78 is 5.80. The molecule has 0 saturated carbocycles. The van der Waals surface area contributed by atoms with E-state index in [4.69, 9.17) is 4.74 Å². The molecule has 4 aromatic rings. The van der Waals surface area contributed by atoms with E-state index in [0.29, 0.717) is 12.2 Å². The Morgan fingerprint density at radius 1 is 0.690 bits per heavy atom. The summed E-state index contributed by atoms with van der Waals surface area (Å²) in [6, 6.07) is 37.9. The SMILES string of the molecule is CSCC[C@H](NC(=O)CNC(=O)C(c1ccccc1)c1ccccc1)C(=O)OCC(c1ccccc1)c1ccccc1. The molecule has 7 heteroatoms. The van der Waals surface area contributed by atoms with E-state index >= 15 is 0 Å². The lowest BCUT2D eigenvalue weighted by molar-refractivity contribution is -0.148. The molecular formula is C35H36N2O4S. The summed E-state index contributed by atoms with van der Waals surface area (Å²) in [5, 5.41) is 5.55. The van der Waals surface area contributed by atoms with Crippen LogP contribution in [-0.4, -0.2) is 49.0 Å². The highest BCUT2D eigenvalue weighted by atomic mass is 32.2. The normalized spacial score (nSPS) is 11.6. The number of thioether (sulfide) groups is 1. The minimum atomic E-state index is -0.826. The van der Waals surface area contributed by atoms with Crippen molar-refractivity contribution in [2.24, 2.45) is 0 Å². The molecular weight excluding hydrogens is 544 g/mol. The van der Waals surface area contributed by atoms with Crippen molar-refractivity contribution in [2.75, 3.05) is 25.2 Å². The van der Waals surface area contributed by atoms with Gasteiger partial charge in [0.05, 0.1) is 12.5 Å². The van der Waals surface area contributed by atoms with E-state index < -0.39 is 23.8 Å². The predicted molar refractivity (Wildman–Crippen MR) is 168 cm³/mol. The van der Waals surface area contributed by atoms with Crippen molar-refractivity contribution in [3.63, 3.8) is 0 Å². The standard InChI is InChI=1S/C35H36N2O4S/c1-42-23-22-31(35(40)41-25-30(26-14-6-2-7-15-26)27-16-8-3-9-17-27)37-32(38)24-36-34(39)33(28-18-10-4-11-19-28)29-20-12-5-13-21-29/h2-21,30-31,33H,22-25H2,1H3,(H,36,39)(H,37,38)/t31-/m0/s1. The number of amides is 2. The molecule has 0 aliphatic rings. The van der Waals surface area contributed by atoms with Crippen molar-refractivity contribution < 1.29 is 19.1 Å². The molecule has 0 spiro atoms. The molecule has 0 bridgehead atoms. The molecule has 4 rings (SSSR count). The summed E-state index contributed by atoms with van der Waals surface area (Å²) in [6.45, 7) is -0.111. The lowest BCUT2D eigenvalue weighted by atomic mass is 9.90. The smallest absolute Gasteiger partial charge is 0.328 e. The van der Waals surface area contributed by atoms with E-state index in [9.17, 15) is 14.4 Å². The van der Waals surface area contributed by atoms with E-state index in [0.717, 1.165) is 22.3 Å². The van der Waals surface area contributed by atoms with Crippen LogP contribution >= 0.6 is 11.8 Å². The van der Waals surface area contributed by atoms with Gasteiger partial charge < -0.3 is 15.4 Å². The van der Waals surface area contributed by atoms with Gasteiger partial charge in [-0.3, -0.25) is 9.59 Å². The molecule has 0 aliphatic carbocycles. The Hall–Kier alpha value is -4.36. The van der Waals surface area contributed by atoms with Crippen LogP contribution in [0.4, 0.5) is 0 Å². The second kappa shape index (κ2) is 16.2. The largest absolute Gasteiger partial charge is 0.463 e. The number of hydrogen-bond donors (Lipinski definition) is 2. The molecule has 2 amide bonds. The van der Waals surface area contributed by atoms with Crippen LogP contribution in [0.5, 0.6) is 0 Å². The molecule has 0 aliphatic heterocycles. The fraction of sp³-hybridized carbons (Fsp3) is 0.229. The topological polar surface area (TPSA) is 84.5 Å². The Morgan fingerprint density at radius 2 is 1.14 bits per heavy atom. The third-order valence-electron chi connectivity index (χ3n) is 6.98. The van der Waals surface area contributed by atoms with Gasteiger partial charge >= 0.3 is 5.97 Å². The number of carbonyl (C=O) groups excluding carboxylic acids is 3. The van der Waals surface area contributed by atoms with Gasteiger partial charge in [-0.25, -0.2) is 4.79 Å². The highest BCUT2D eigenvalue weighted by Gasteiger charge is 2.26. The van der Waals surface area contributed by atoms with E-state index in [1.54, 1.807) is 11.8 Å². The molecule has 0 saturated heterocycles. The number of ether oxygens (including phenoxy) is 1. The number of nitrogens with one attached hydrogen (secondary N) is 2. The van der Waals surface area contributed by atoms with Gasteiger partial charge in [-0.2, -0.15) is 11.8 Å². The molecule has 1 atom stereocenters. The summed E-state index contributed by atoms with van der Waals surface area (Å²) in [4.78, 5) is 39.5. The zero-order chi connectivity index (χ0) is 29.6. The molecule has 0 unspecified atom stereocenters. The zero-order valence-corrected chi connectivity index (χ0v) is 24.5. The molecule has 0 fully saturated rings. The Balaban J connectivity index is 1.39. The van der Waals surface area contributed by atoms with Gasteiger partial charge in [-0.05, 0) is 40.7 Å². The lowest BCUT2D eigenvalue weighted by Gasteiger charge is -2.22. The van der Waals surface area contributed by atoms with Gasteiger partial charge in [0, 0.05) is 5.92 Å². The molecule has 0 radical (unpaired) electrons. The third-order valence-corrected chi connectivity index (χ3v) is 7.62. The minimum Gasteiger partial charge on any atom is -0.463 e. The Labute approximate surface area is 251 Å². The molecule has 4 aromatic carbocycles. The Bertz CT molecular complexity index is 1320. The van der Waals surface area contributed by atoms with Crippen LogP contribution < -0.4 is 10.6 Å². The highest BCUT2D eigenvalue weighted by molar-refractivity contribution is 7.98.